The zero-order chi connectivity index (χ0) is 18.7. The number of halogens is 3. The van der Waals surface area contributed by atoms with Gasteiger partial charge in [-0.25, -0.2) is 9.78 Å². The number of piperidine rings is 1. The van der Waals surface area contributed by atoms with Crippen LogP contribution in [-0.2, 0) is 6.18 Å². The van der Waals surface area contributed by atoms with Gasteiger partial charge in [-0.3, -0.25) is 0 Å². The van der Waals surface area contributed by atoms with Crippen molar-refractivity contribution in [3.8, 4) is 0 Å². The largest absolute Gasteiger partial charge is 0.477 e. The molecule has 1 aliphatic heterocycles. The van der Waals surface area contributed by atoms with Gasteiger partial charge >= 0.3 is 12.1 Å². The third-order valence-electron chi connectivity index (χ3n) is 4.36. The molecule has 136 valence electrons. The topological polar surface area (TPSA) is 53.4 Å². The first-order valence-corrected chi connectivity index (χ1v) is 8.14. The fourth-order valence-electron chi connectivity index (χ4n) is 3.00. The van der Waals surface area contributed by atoms with E-state index in [2.05, 4.69) is 4.98 Å². The molecule has 0 spiro atoms. The number of alkyl halides is 3. The SMILES string of the molecule is O=C(O)c1ccc(N2CCC(=Cc3ccccc3C(F)(F)F)CC2)cn1. The van der Waals surface area contributed by atoms with Crippen molar-refractivity contribution in [2.75, 3.05) is 18.0 Å². The molecule has 1 aromatic carbocycles. The van der Waals surface area contributed by atoms with Crippen LogP contribution in [0.3, 0.4) is 0 Å². The Morgan fingerprint density at radius 2 is 1.81 bits per heavy atom. The van der Waals surface area contributed by atoms with Gasteiger partial charge in [-0.05, 0) is 36.6 Å². The lowest BCUT2D eigenvalue weighted by Crippen LogP contribution is -2.30. The minimum Gasteiger partial charge on any atom is -0.477 e. The average molecular weight is 362 g/mol. The van der Waals surface area contributed by atoms with E-state index in [1.165, 1.54) is 24.4 Å². The van der Waals surface area contributed by atoms with E-state index < -0.39 is 17.7 Å². The van der Waals surface area contributed by atoms with Gasteiger partial charge < -0.3 is 10.0 Å². The van der Waals surface area contributed by atoms with E-state index in [9.17, 15) is 18.0 Å². The highest BCUT2D eigenvalue weighted by Crippen LogP contribution is 2.34. The monoisotopic (exact) mass is 362 g/mol. The van der Waals surface area contributed by atoms with Crippen molar-refractivity contribution in [3.63, 3.8) is 0 Å². The lowest BCUT2D eigenvalue weighted by atomic mass is 9.98. The summed E-state index contributed by atoms with van der Waals surface area (Å²) in [7, 11) is 0. The molecule has 1 fully saturated rings. The van der Waals surface area contributed by atoms with E-state index in [4.69, 9.17) is 5.11 Å². The third kappa shape index (κ3) is 4.04. The zero-order valence-corrected chi connectivity index (χ0v) is 13.8. The van der Waals surface area contributed by atoms with Crippen LogP contribution in [-0.4, -0.2) is 29.1 Å². The summed E-state index contributed by atoms with van der Waals surface area (Å²) in [5, 5.41) is 8.88. The van der Waals surface area contributed by atoms with Crippen molar-refractivity contribution in [1.29, 1.82) is 0 Å². The minimum absolute atomic E-state index is 0.0184. The first-order chi connectivity index (χ1) is 12.3. The fourth-order valence-corrected chi connectivity index (χ4v) is 3.00. The molecule has 1 saturated heterocycles. The lowest BCUT2D eigenvalue weighted by molar-refractivity contribution is -0.137. The van der Waals surface area contributed by atoms with Crippen LogP contribution in [0, 0.1) is 0 Å². The molecule has 2 heterocycles. The Labute approximate surface area is 148 Å². The van der Waals surface area contributed by atoms with Crippen molar-refractivity contribution in [2.45, 2.75) is 19.0 Å². The van der Waals surface area contributed by atoms with Gasteiger partial charge in [-0.2, -0.15) is 13.2 Å². The number of carboxylic acid groups (broad SMARTS) is 1. The molecule has 0 atom stereocenters. The van der Waals surface area contributed by atoms with E-state index in [-0.39, 0.29) is 11.3 Å². The maximum Gasteiger partial charge on any atom is 0.416 e. The van der Waals surface area contributed by atoms with Crippen molar-refractivity contribution in [1.82, 2.24) is 4.98 Å². The van der Waals surface area contributed by atoms with Crippen molar-refractivity contribution >= 4 is 17.7 Å². The summed E-state index contributed by atoms with van der Waals surface area (Å²) >= 11 is 0. The standard InChI is InChI=1S/C19H17F3N2O2/c20-19(21,22)16-4-2-1-3-14(16)11-13-7-9-24(10-8-13)15-5-6-17(18(25)26)23-12-15/h1-6,11-12H,7-10H2,(H,25,26). The van der Waals surface area contributed by atoms with Crippen molar-refractivity contribution in [2.24, 2.45) is 0 Å². The van der Waals surface area contributed by atoms with Gasteiger partial charge in [0.05, 0.1) is 17.4 Å². The molecule has 1 aliphatic rings. The first kappa shape index (κ1) is 18.0. The Bertz CT molecular complexity index is 819. The van der Waals surface area contributed by atoms with E-state index >= 15 is 0 Å². The van der Waals surface area contributed by atoms with Crippen LogP contribution in [0.25, 0.3) is 6.08 Å². The van der Waals surface area contributed by atoms with Gasteiger partial charge in [0.25, 0.3) is 0 Å². The number of rotatable bonds is 3. The number of hydrogen-bond acceptors (Lipinski definition) is 3. The molecule has 2 aromatic rings. The van der Waals surface area contributed by atoms with E-state index in [0.29, 0.717) is 25.9 Å². The number of benzene rings is 1. The first-order valence-electron chi connectivity index (χ1n) is 8.14. The number of carboxylic acids is 1. The predicted molar refractivity (Wildman–Crippen MR) is 92.1 cm³/mol. The predicted octanol–water partition coefficient (Wildman–Crippen LogP) is 4.48. The van der Waals surface area contributed by atoms with Gasteiger partial charge in [0.15, 0.2) is 0 Å². The molecular weight excluding hydrogens is 345 g/mol. The van der Waals surface area contributed by atoms with E-state index in [0.717, 1.165) is 17.3 Å². The summed E-state index contributed by atoms with van der Waals surface area (Å²) in [5.41, 5.74) is 1.33. The quantitative estimate of drug-likeness (QED) is 0.875. The van der Waals surface area contributed by atoms with Crippen LogP contribution >= 0.6 is 0 Å². The number of anilines is 1. The summed E-state index contributed by atoms with van der Waals surface area (Å²) in [4.78, 5) is 16.8. The number of hydrogen-bond donors (Lipinski definition) is 1. The van der Waals surface area contributed by atoms with E-state index in [1.54, 1.807) is 18.2 Å². The number of carbonyl (C=O) groups is 1. The molecule has 0 bridgehead atoms. The number of pyridine rings is 1. The zero-order valence-electron chi connectivity index (χ0n) is 13.8. The van der Waals surface area contributed by atoms with Gasteiger partial charge in [-0.1, -0.05) is 29.8 Å². The summed E-state index contributed by atoms with van der Waals surface area (Å²) in [5.74, 6) is -1.08. The highest BCUT2D eigenvalue weighted by Gasteiger charge is 2.32. The maximum absolute atomic E-state index is 13.1. The number of aromatic carboxylic acids is 1. The minimum atomic E-state index is -4.37. The van der Waals surface area contributed by atoms with Crippen LogP contribution in [0.2, 0.25) is 0 Å². The van der Waals surface area contributed by atoms with Gasteiger partial charge in [0, 0.05) is 13.1 Å². The Hall–Kier alpha value is -2.83. The van der Waals surface area contributed by atoms with Crippen molar-refractivity contribution in [3.05, 3.63) is 65.0 Å². The Balaban J connectivity index is 1.71. The Kier molecular flexibility index (Phi) is 4.97. The Morgan fingerprint density at radius 1 is 1.12 bits per heavy atom. The van der Waals surface area contributed by atoms with Crippen LogP contribution in [0.1, 0.15) is 34.5 Å². The molecule has 1 aromatic heterocycles. The molecule has 0 aliphatic carbocycles. The highest BCUT2D eigenvalue weighted by molar-refractivity contribution is 5.85. The second kappa shape index (κ2) is 7.19. The van der Waals surface area contributed by atoms with Crippen molar-refractivity contribution < 1.29 is 23.1 Å². The van der Waals surface area contributed by atoms with Crippen LogP contribution in [0.5, 0.6) is 0 Å². The highest BCUT2D eigenvalue weighted by atomic mass is 19.4. The van der Waals surface area contributed by atoms with Crippen LogP contribution in [0.4, 0.5) is 18.9 Å². The smallest absolute Gasteiger partial charge is 0.416 e. The third-order valence-corrected chi connectivity index (χ3v) is 4.36. The molecule has 4 nitrogen and oxygen atoms in total. The molecule has 3 rings (SSSR count). The normalized spacial score (nSPS) is 15.0. The van der Waals surface area contributed by atoms with E-state index in [1.807, 2.05) is 4.90 Å². The second-order valence-corrected chi connectivity index (χ2v) is 6.08. The fraction of sp³-hybridized carbons (Fsp3) is 0.263. The summed E-state index contributed by atoms with van der Waals surface area (Å²) in [6, 6.07) is 8.72. The van der Waals surface area contributed by atoms with Gasteiger partial charge in [0.1, 0.15) is 5.69 Å². The number of nitrogens with zero attached hydrogens (tertiary/aromatic N) is 2. The summed E-state index contributed by atoms with van der Waals surface area (Å²) < 4.78 is 39.3. The molecule has 26 heavy (non-hydrogen) atoms. The van der Waals surface area contributed by atoms with Crippen LogP contribution < -0.4 is 4.90 Å². The summed E-state index contributed by atoms with van der Waals surface area (Å²) in [6.45, 7) is 1.29. The molecule has 0 saturated carbocycles. The number of aromatic nitrogens is 1. The molecule has 0 unspecified atom stereocenters. The molecule has 0 amide bonds. The van der Waals surface area contributed by atoms with Crippen LogP contribution in [0.15, 0.2) is 48.2 Å². The lowest BCUT2D eigenvalue weighted by Gasteiger charge is -2.30. The maximum atomic E-state index is 13.1. The molecule has 7 heteroatoms. The average Bonchev–Trinajstić information content (AvgIpc) is 2.62. The summed E-state index contributed by atoms with van der Waals surface area (Å²) in [6.07, 6.45) is 0.0642. The molecule has 1 N–H and O–H groups in total. The molecular formula is C19H17F3N2O2. The van der Waals surface area contributed by atoms with Gasteiger partial charge in [-0.15, -0.1) is 0 Å². The Morgan fingerprint density at radius 3 is 2.38 bits per heavy atom. The van der Waals surface area contributed by atoms with Gasteiger partial charge in [0.2, 0.25) is 0 Å². The second-order valence-electron chi connectivity index (χ2n) is 6.08. The molecule has 0 radical (unpaired) electrons.